The van der Waals surface area contributed by atoms with Crippen LogP contribution >= 0.6 is 28.1 Å². The number of halogens is 1. The number of nitrogens with zero attached hydrogens (tertiary/aromatic N) is 2. The molecule has 3 aromatic rings. The maximum Gasteiger partial charge on any atom is 0.251 e. The average molecular weight is 449 g/mol. The zero-order chi connectivity index (χ0) is 19.4. The Morgan fingerprint density at radius 1 is 1.19 bits per heavy atom. The highest BCUT2D eigenvalue weighted by Gasteiger charge is 2.13. The molecule has 1 amide bonds. The number of amides is 1. The summed E-state index contributed by atoms with van der Waals surface area (Å²) in [6.45, 7) is 0.205. The summed E-state index contributed by atoms with van der Waals surface area (Å²) in [5.41, 5.74) is 1.31. The fraction of sp³-hybridized carbons (Fsp3) is 0.167. The molecule has 2 N–H and O–H groups in total. The Labute approximate surface area is 169 Å². The van der Waals surface area contributed by atoms with Gasteiger partial charge in [-0.15, -0.1) is 0 Å². The van der Waals surface area contributed by atoms with Gasteiger partial charge in [-0.25, -0.2) is 0 Å². The van der Waals surface area contributed by atoms with Gasteiger partial charge >= 0.3 is 0 Å². The highest BCUT2D eigenvalue weighted by molar-refractivity contribution is 9.10. The molecule has 27 heavy (non-hydrogen) atoms. The standard InChI is InChI=1S/C18H17BrN4O3S/c1-25-14-8-3-11(9-15(14)26-2)17(24)20-10-16-21-22-18(27)23(16)13-6-4-12(19)5-7-13/h3-9H,10H2,1-2H3,(H,20,24)(H,22,27). The van der Waals surface area contributed by atoms with Gasteiger partial charge in [0.25, 0.3) is 5.91 Å². The highest BCUT2D eigenvalue weighted by Crippen LogP contribution is 2.27. The van der Waals surface area contributed by atoms with Gasteiger partial charge in [0.2, 0.25) is 0 Å². The monoisotopic (exact) mass is 448 g/mol. The number of H-pyrrole nitrogens is 1. The molecular formula is C18H17BrN4O3S. The second-order valence-corrected chi connectivity index (χ2v) is 6.81. The molecule has 0 bridgehead atoms. The second-order valence-electron chi connectivity index (χ2n) is 5.51. The van der Waals surface area contributed by atoms with Crippen LogP contribution in [0, 0.1) is 4.77 Å². The molecule has 0 saturated heterocycles. The molecule has 0 aliphatic carbocycles. The molecule has 0 atom stereocenters. The zero-order valence-electron chi connectivity index (χ0n) is 14.7. The van der Waals surface area contributed by atoms with Crippen LogP contribution in [0.1, 0.15) is 16.2 Å². The number of benzene rings is 2. The van der Waals surface area contributed by atoms with Crippen LogP contribution in [0.15, 0.2) is 46.9 Å². The summed E-state index contributed by atoms with van der Waals surface area (Å²) >= 11 is 8.72. The van der Waals surface area contributed by atoms with Crippen molar-refractivity contribution in [2.75, 3.05) is 14.2 Å². The first-order valence-electron chi connectivity index (χ1n) is 7.96. The average Bonchev–Trinajstić information content (AvgIpc) is 3.06. The number of aromatic nitrogens is 3. The molecule has 0 aliphatic rings. The Bertz CT molecular complexity index is 1010. The molecule has 0 radical (unpaired) electrons. The third-order valence-corrected chi connectivity index (χ3v) is 4.68. The van der Waals surface area contributed by atoms with Crippen LogP contribution in [-0.4, -0.2) is 34.9 Å². The van der Waals surface area contributed by atoms with Gasteiger partial charge < -0.3 is 14.8 Å². The lowest BCUT2D eigenvalue weighted by molar-refractivity contribution is 0.0949. The predicted molar refractivity (Wildman–Crippen MR) is 107 cm³/mol. The molecule has 0 unspecified atom stereocenters. The lowest BCUT2D eigenvalue weighted by Gasteiger charge is -2.11. The molecule has 1 aromatic heterocycles. The van der Waals surface area contributed by atoms with E-state index in [1.54, 1.807) is 29.9 Å². The summed E-state index contributed by atoms with van der Waals surface area (Å²) < 4.78 is 13.6. The lowest BCUT2D eigenvalue weighted by Crippen LogP contribution is -2.24. The van der Waals surface area contributed by atoms with E-state index in [0.29, 0.717) is 27.7 Å². The predicted octanol–water partition coefficient (Wildman–Crippen LogP) is 3.64. The Hall–Kier alpha value is -2.65. The van der Waals surface area contributed by atoms with Crippen LogP contribution in [0.25, 0.3) is 5.69 Å². The Balaban J connectivity index is 1.79. The molecule has 0 aliphatic heterocycles. The van der Waals surface area contributed by atoms with Gasteiger partial charge in [0.15, 0.2) is 22.1 Å². The van der Waals surface area contributed by atoms with Crippen molar-refractivity contribution < 1.29 is 14.3 Å². The number of rotatable bonds is 6. The van der Waals surface area contributed by atoms with Crippen LogP contribution in [-0.2, 0) is 6.54 Å². The summed E-state index contributed by atoms with van der Waals surface area (Å²) in [4.78, 5) is 12.5. The number of aromatic amines is 1. The maximum atomic E-state index is 12.5. The minimum Gasteiger partial charge on any atom is -0.493 e. The van der Waals surface area contributed by atoms with Crippen molar-refractivity contribution in [3.8, 4) is 17.2 Å². The van der Waals surface area contributed by atoms with Crippen LogP contribution in [0.2, 0.25) is 0 Å². The van der Waals surface area contributed by atoms with E-state index in [1.165, 1.54) is 7.11 Å². The molecule has 3 rings (SSSR count). The summed E-state index contributed by atoms with van der Waals surface area (Å²) in [6, 6.07) is 12.6. The maximum absolute atomic E-state index is 12.5. The molecule has 140 valence electrons. The van der Waals surface area contributed by atoms with E-state index in [0.717, 1.165) is 10.2 Å². The third-order valence-electron chi connectivity index (χ3n) is 3.88. The number of hydrogen-bond donors (Lipinski definition) is 2. The zero-order valence-corrected chi connectivity index (χ0v) is 17.1. The first kappa shape index (κ1) is 19.1. The summed E-state index contributed by atoms with van der Waals surface area (Å²) in [5.74, 6) is 1.39. The van der Waals surface area contributed by atoms with Crippen molar-refractivity contribution in [1.82, 2.24) is 20.1 Å². The van der Waals surface area contributed by atoms with E-state index in [9.17, 15) is 4.79 Å². The molecule has 2 aromatic carbocycles. The molecule has 9 heteroatoms. The number of carbonyl (C=O) groups is 1. The van der Waals surface area contributed by atoms with Crippen LogP contribution < -0.4 is 14.8 Å². The van der Waals surface area contributed by atoms with E-state index in [4.69, 9.17) is 21.7 Å². The number of carbonyl (C=O) groups excluding carboxylic acids is 1. The van der Waals surface area contributed by atoms with Gasteiger partial charge in [0.05, 0.1) is 20.8 Å². The lowest BCUT2D eigenvalue weighted by atomic mass is 10.2. The van der Waals surface area contributed by atoms with E-state index in [1.807, 2.05) is 24.3 Å². The quantitative estimate of drug-likeness (QED) is 0.562. The van der Waals surface area contributed by atoms with Gasteiger partial charge in [-0.3, -0.25) is 14.5 Å². The molecule has 0 fully saturated rings. The molecule has 1 heterocycles. The fourth-order valence-corrected chi connectivity index (χ4v) is 3.06. The van der Waals surface area contributed by atoms with Crippen molar-refractivity contribution in [2.24, 2.45) is 0 Å². The van der Waals surface area contributed by atoms with Crippen LogP contribution in [0.3, 0.4) is 0 Å². The smallest absolute Gasteiger partial charge is 0.251 e. The summed E-state index contributed by atoms with van der Waals surface area (Å²) in [6.07, 6.45) is 0. The van der Waals surface area contributed by atoms with Crippen molar-refractivity contribution in [1.29, 1.82) is 0 Å². The van der Waals surface area contributed by atoms with E-state index in [-0.39, 0.29) is 12.5 Å². The van der Waals surface area contributed by atoms with Gasteiger partial charge in [-0.05, 0) is 54.7 Å². The summed E-state index contributed by atoms with van der Waals surface area (Å²) in [5, 5.41) is 9.82. The van der Waals surface area contributed by atoms with Gasteiger partial charge in [-0.1, -0.05) is 15.9 Å². The SMILES string of the molecule is COc1ccc(C(=O)NCc2n[nH]c(=S)n2-c2ccc(Br)cc2)cc1OC. The minimum atomic E-state index is -0.257. The van der Waals surface area contributed by atoms with E-state index in [2.05, 4.69) is 31.4 Å². The third kappa shape index (κ3) is 4.20. The molecule has 0 spiro atoms. The van der Waals surface area contributed by atoms with Gasteiger partial charge in [0, 0.05) is 15.7 Å². The highest BCUT2D eigenvalue weighted by atomic mass is 79.9. The Kier molecular flexibility index (Phi) is 5.92. The topological polar surface area (TPSA) is 81.2 Å². The fourth-order valence-electron chi connectivity index (χ4n) is 2.54. The van der Waals surface area contributed by atoms with Crippen LogP contribution in [0.5, 0.6) is 11.5 Å². The number of methoxy groups -OCH3 is 2. The largest absolute Gasteiger partial charge is 0.493 e. The first-order valence-corrected chi connectivity index (χ1v) is 9.16. The number of nitrogens with one attached hydrogen (secondary N) is 2. The van der Waals surface area contributed by atoms with Gasteiger partial charge in [-0.2, -0.15) is 5.10 Å². The molecule has 0 saturated carbocycles. The van der Waals surface area contributed by atoms with Gasteiger partial charge in [0.1, 0.15) is 0 Å². The number of ether oxygens (including phenoxy) is 2. The summed E-state index contributed by atoms with van der Waals surface area (Å²) in [7, 11) is 3.07. The van der Waals surface area contributed by atoms with Crippen molar-refractivity contribution in [3.05, 3.63) is 63.1 Å². The van der Waals surface area contributed by atoms with Crippen molar-refractivity contribution in [3.63, 3.8) is 0 Å². The molecule has 7 nitrogen and oxygen atoms in total. The minimum absolute atomic E-state index is 0.205. The Morgan fingerprint density at radius 3 is 2.56 bits per heavy atom. The van der Waals surface area contributed by atoms with E-state index < -0.39 is 0 Å². The number of hydrogen-bond acceptors (Lipinski definition) is 5. The van der Waals surface area contributed by atoms with Crippen molar-refractivity contribution >= 4 is 34.1 Å². The van der Waals surface area contributed by atoms with Crippen molar-refractivity contribution in [2.45, 2.75) is 6.54 Å². The van der Waals surface area contributed by atoms with E-state index >= 15 is 0 Å². The van der Waals surface area contributed by atoms with Crippen LogP contribution in [0.4, 0.5) is 0 Å². The Morgan fingerprint density at radius 2 is 1.89 bits per heavy atom. The molecular weight excluding hydrogens is 432 g/mol. The first-order chi connectivity index (χ1) is 13.0. The normalized spacial score (nSPS) is 10.5. The second kappa shape index (κ2) is 8.36.